The van der Waals surface area contributed by atoms with Crippen LogP contribution in [0.15, 0.2) is 24.3 Å². The Morgan fingerprint density at radius 2 is 1.85 bits per heavy atom. The van der Waals surface area contributed by atoms with E-state index in [2.05, 4.69) is 26.1 Å². The highest BCUT2D eigenvalue weighted by Crippen LogP contribution is 2.44. The molecule has 0 atom stereocenters. The summed E-state index contributed by atoms with van der Waals surface area (Å²) in [7, 11) is 0. The number of hydrogen-bond acceptors (Lipinski definition) is 3. The number of aromatic nitrogens is 2. The monoisotopic (exact) mass is 403 g/mol. The zero-order chi connectivity index (χ0) is 19.2. The molecule has 6 heteroatoms. The number of carbonyl (C=O) groups is 1. The first-order valence-electron chi connectivity index (χ1n) is 9.58. The molecule has 1 aliphatic carbocycles. The Hall–Kier alpha value is -1.46. The van der Waals surface area contributed by atoms with Crippen molar-refractivity contribution in [2.24, 2.45) is 0 Å². The molecule has 27 heavy (non-hydrogen) atoms. The highest BCUT2D eigenvalue weighted by Gasteiger charge is 2.43. The first-order chi connectivity index (χ1) is 12.8. The molecule has 4 nitrogen and oxygen atoms in total. The van der Waals surface area contributed by atoms with E-state index in [0.29, 0.717) is 5.02 Å². The molecule has 4 rings (SSSR count). The van der Waals surface area contributed by atoms with Gasteiger partial charge in [-0.3, -0.25) is 4.79 Å². The number of thioether (sulfide) groups is 1. The molecular weight excluding hydrogens is 378 g/mol. The SMILES string of the molecule is CC(C)(C)n1nc2c(c1NC(=O)C1(c3ccc(Cl)cc3)CCCC1)CSC2. The molecule has 2 aromatic rings. The maximum absolute atomic E-state index is 13.6. The lowest BCUT2D eigenvalue weighted by atomic mass is 9.78. The van der Waals surface area contributed by atoms with Crippen LogP contribution in [0.2, 0.25) is 5.02 Å². The van der Waals surface area contributed by atoms with Crippen LogP contribution in [0.4, 0.5) is 5.82 Å². The largest absolute Gasteiger partial charge is 0.310 e. The summed E-state index contributed by atoms with van der Waals surface area (Å²) in [5.74, 6) is 2.80. The average Bonchev–Trinajstić information content (AvgIpc) is 3.32. The van der Waals surface area contributed by atoms with Crippen LogP contribution in [-0.4, -0.2) is 15.7 Å². The molecule has 0 unspecified atom stereocenters. The Labute approximate surface area is 170 Å². The number of amides is 1. The number of nitrogens with zero attached hydrogens (tertiary/aromatic N) is 2. The van der Waals surface area contributed by atoms with Crippen LogP contribution in [-0.2, 0) is 27.3 Å². The first kappa shape index (κ1) is 18.9. The lowest BCUT2D eigenvalue weighted by Crippen LogP contribution is -2.39. The fraction of sp³-hybridized carbons (Fsp3) is 0.524. The van der Waals surface area contributed by atoms with Crippen molar-refractivity contribution >= 4 is 35.1 Å². The Bertz CT molecular complexity index is 861. The minimum Gasteiger partial charge on any atom is -0.310 e. The van der Waals surface area contributed by atoms with Crippen LogP contribution in [0, 0.1) is 0 Å². The molecular formula is C21H26ClN3OS. The lowest BCUT2D eigenvalue weighted by Gasteiger charge is -2.30. The van der Waals surface area contributed by atoms with E-state index < -0.39 is 5.41 Å². The van der Waals surface area contributed by atoms with Gasteiger partial charge in [0.25, 0.3) is 0 Å². The molecule has 1 N–H and O–H groups in total. The maximum atomic E-state index is 13.6. The molecule has 1 fully saturated rings. The minimum absolute atomic E-state index is 0.0902. The van der Waals surface area contributed by atoms with Crippen molar-refractivity contribution in [3.63, 3.8) is 0 Å². The fourth-order valence-electron chi connectivity index (χ4n) is 4.25. The van der Waals surface area contributed by atoms with Crippen molar-refractivity contribution in [2.75, 3.05) is 5.32 Å². The Balaban J connectivity index is 1.72. The van der Waals surface area contributed by atoms with E-state index in [0.717, 1.165) is 54.3 Å². The number of nitrogens with one attached hydrogen (secondary N) is 1. The van der Waals surface area contributed by atoms with Gasteiger partial charge in [0.05, 0.1) is 16.6 Å². The van der Waals surface area contributed by atoms with Gasteiger partial charge in [0.1, 0.15) is 5.82 Å². The van der Waals surface area contributed by atoms with Gasteiger partial charge >= 0.3 is 0 Å². The van der Waals surface area contributed by atoms with E-state index in [1.165, 1.54) is 5.56 Å². The molecule has 2 heterocycles. The predicted octanol–water partition coefficient (Wildman–Crippen LogP) is 5.49. The van der Waals surface area contributed by atoms with Gasteiger partial charge in [0.2, 0.25) is 5.91 Å². The van der Waals surface area contributed by atoms with Crippen molar-refractivity contribution in [1.29, 1.82) is 0 Å². The molecule has 2 aliphatic rings. The molecule has 1 aromatic carbocycles. The molecule has 0 saturated heterocycles. The summed E-state index contributed by atoms with van der Waals surface area (Å²) >= 11 is 7.94. The smallest absolute Gasteiger partial charge is 0.236 e. The quantitative estimate of drug-likeness (QED) is 0.737. The van der Waals surface area contributed by atoms with Crippen LogP contribution in [0.25, 0.3) is 0 Å². The van der Waals surface area contributed by atoms with E-state index >= 15 is 0 Å². The minimum atomic E-state index is -0.476. The first-order valence-corrected chi connectivity index (χ1v) is 11.1. The molecule has 144 valence electrons. The second-order valence-electron chi connectivity index (χ2n) is 8.60. The van der Waals surface area contributed by atoms with Crippen molar-refractivity contribution in [2.45, 2.75) is 68.9 Å². The average molecular weight is 404 g/mol. The van der Waals surface area contributed by atoms with Crippen LogP contribution in [0.1, 0.15) is 63.3 Å². The third kappa shape index (κ3) is 3.29. The van der Waals surface area contributed by atoms with E-state index in [-0.39, 0.29) is 11.4 Å². The van der Waals surface area contributed by atoms with Crippen LogP contribution in [0.5, 0.6) is 0 Å². The van der Waals surface area contributed by atoms with Gasteiger partial charge in [-0.05, 0) is 51.3 Å². The summed E-state index contributed by atoms with van der Waals surface area (Å²) in [6.07, 6.45) is 3.90. The summed E-state index contributed by atoms with van der Waals surface area (Å²) in [5, 5.41) is 8.82. The van der Waals surface area contributed by atoms with Crippen molar-refractivity contribution < 1.29 is 4.79 Å². The maximum Gasteiger partial charge on any atom is 0.236 e. The van der Waals surface area contributed by atoms with E-state index in [1.54, 1.807) is 0 Å². The van der Waals surface area contributed by atoms with Gasteiger partial charge in [0, 0.05) is 22.1 Å². The van der Waals surface area contributed by atoms with Gasteiger partial charge < -0.3 is 5.32 Å². The van der Waals surface area contributed by atoms with Crippen molar-refractivity contribution in [3.05, 3.63) is 46.1 Å². The van der Waals surface area contributed by atoms with Gasteiger partial charge in [-0.2, -0.15) is 16.9 Å². The molecule has 0 bridgehead atoms. The number of halogens is 1. The third-order valence-electron chi connectivity index (χ3n) is 5.71. The summed E-state index contributed by atoms with van der Waals surface area (Å²) in [4.78, 5) is 13.6. The van der Waals surface area contributed by atoms with Gasteiger partial charge in [-0.25, -0.2) is 4.68 Å². The molecule has 1 aromatic heterocycles. The number of benzene rings is 1. The third-order valence-corrected chi connectivity index (χ3v) is 6.93. The van der Waals surface area contributed by atoms with Gasteiger partial charge in [0.15, 0.2) is 0 Å². The summed E-state index contributed by atoms with van der Waals surface area (Å²) in [5.41, 5.74) is 2.70. The number of rotatable bonds is 3. The molecule has 0 radical (unpaired) electrons. The highest BCUT2D eigenvalue weighted by molar-refractivity contribution is 7.98. The Morgan fingerprint density at radius 1 is 1.19 bits per heavy atom. The Morgan fingerprint density at radius 3 is 2.48 bits per heavy atom. The van der Waals surface area contributed by atoms with Crippen LogP contribution in [0.3, 0.4) is 0 Å². The van der Waals surface area contributed by atoms with Crippen LogP contribution < -0.4 is 5.32 Å². The van der Waals surface area contributed by atoms with Crippen molar-refractivity contribution in [3.8, 4) is 0 Å². The number of fused-ring (bicyclic) bond motifs is 1. The molecule has 0 spiro atoms. The summed E-state index contributed by atoms with van der Waals surface area (Å²) in [6, 6.07) is 7.79. The molecule has 1 amide bonds. The van der Waals surface area contributed by atoms with E-state index in [4.69, 9.17) is 16.7 Å². The second-order valence-corrected chi connectivity index (χ2v) is 10.0. The van der Waals surface area contributed by atoms with Crippen LogP contribution >= 0.6 is 23.4 Å². The highest BCUT2D eigenvalue weighted by atomic mass is 35.5. The normalized spacial score (nSPS) is 18.5. The summed E-state index contributed by atoms with van der Waals surface area (Å²) in [6.45, 7) is 6.38. The molecule has 1 aliphatic heterocycles. The fourth-order valence-corrected chi connectivity index (χ4v) is 5.41. The lowest BCUT2D eigenvalue weighted by molar-refractivity contribution is -0.121. The number of anilines is 1. The molecule has 1 saturated carbocycles. The van der Waals surface area contributed by atoms with E-state index in [9.17, 15) is 4.79 Å². The summed E-state index contributed by atoms with van der Waals surface area (Å²) < 4.78 is 2.00. The van der Waals surface area contributed by atoms with Gasteiger partial charge in [-0.15, -0.1) is 0 Å². The standard InChI is InChI=1S/C21H26ClN3OS/c1-20(2,3)25-18(16-12-27-13-17(16)24-25)23-19(26)21(10-4-5-11-21)14-6-8-15(22)9-7-14/h6-9H,4-5,10-13H2,1-3H3,(H,23,26). The van der Waals surface area contributed by atoms with Crippen molar-refractivity contribution in [1.82, 2.24) is 9.78 Å². The predicted molar refractivity (Wildman–Crippen MR) is 112 cm³/mol. The van der Waals surface area contributed by atoms with E-state index in [1.807, 2.05) is 40.7 Å². The zero-order valence-corrected chi connectivity index (χ0v) is 17.7. The number of hydrogen-bond donors (Lipinski definition) is 1. The Kier molecular flexibility index (Phi) is 4.79. The number of carbonyl (C=O) groups excluding carboxylic acids is 1. The van der Waals surface area contributed by atoms with Gasteiger partial charge in [-0.1, -0.05) is 36.6 Å². The topological polar surface area (TPSA) is 46.9 Å². The second kappa shape index (κ2) is 6.85. The zero-order valence-electron chi connectivity index (χ0n) is 16.1.